The summed E-state index contributed by atoms with van der Waals surface area (Å²) in [6.07, 6.45) is 17.3. The van der Waals surface area contributed by atoms with Crippen LogP contribution >= 0.6 is 0 Å². The van der Waals surface area contributed by atoms with Crippen LogP contribution in [0.4, 0.5) is 8.78 Å². The molecule has 0 aromatic heterocycles. The molecule has 0 saturated heterocycles. The first-order valence-corrected chi connectivity index (χ1v) is 12.3. The average molecular weight is 425 g/mol. The van der Waals surface area contributed by atoms with E-state index in [4.69, 9.17) is 0 Å². The van der Waals surface area contributed by atoms with Gasteiger partial charge in [-0.3, -0.25) is 0 Å². The Morgan fingerprint density at radius 3 is 2.26 bits per heavy atom. The van der Waals surface area contributed by atoms with Crippen LogP contribution in [-0.2, 0) is 6.42 Å². The molecule has 1 aromatic carbocycles. The van der Waals surface area contributed by atoms with Crippen molar-refractivity contribution in [3.8, 4) is 11.8 Å². The summed E-state index contributed by atoms with van der Waals surface area (Å²) in [6.45, 7) is 4.05. The number of allylic oxidation sites excluding steroid dienone is 4. The monoisotopic (exact) mass is 424 g/mol. The molecule has 0 spiro atoms. The highest BCUT2D eigenvalue weighted by Gasteiger charge is 2.42. The molecular formula is C29H38F2. The van der Waals surface area contributed by atoms with Crippen molar-refractivity contribution < 1.29 is 8.78 Å². The highest BCUT2D eigenvalue weighted by molar-refractivity contribution is 5.36. The Morgan fingerprint density at radius 1 is 0.935 bits per heavy atom. The van der Waals surface area contributed by atoms with Gasteiger partial charge in [-0.2, -0.15) is 0 Å². The van der Waals surface area contributed by atoms with Gasteiger partial charge in [-0.05, 0) is 87.8 Å². The van der Waals surface area contributed by atoms with E-state index in [0.29, 0.717) is 18.3 Å². The molecule has 0 aliphatic heterocycles. The third-order valence-electron chi connectivity index (χ3n) is 6.97. The van der Waals surface area contributed by atoms with Gasteiger partial charge in [-0.15, -0.1) is 0 Å². The molecule has 2 aliphatic rings. The summed E-state index contributed by atoms with van der Waals surface area (Å²) >= 11 is 0. The normalized spacial score (nSPS) is 28.5. The lowest BCUT2D eigenvalue weighted by atomic mass is 9.77. The van der Waals surface area contributed by atoms with Crippen LogP contribution in [0.15, 0.2) is 48.6 Å². The summed E-state index contributed by atoms with van der Waals surface area (Å²) in [5.41, 5.74) is 2.50. The Balaban J connectivity index is 1.43. The third kappa shape index (κ3) is 7.34. The molecule has 168 valence electrons. The summed E-state index contributed by atoms with van der Waals surface area (Å²) in [6, 6.07) is 8.70. The topological polar surface area (TPSA) is 0 Å². The average Bonchev–Trinajstić information content (AvgIpc) is 2.78. The first kappa shape index (κ1) is 23.8. The Morgan fingerprint density at radius 2 is 1.61 bits per heavy atom. The molecule has 0 N–H and O–H groups in total. The van der Waals surface area contributed by atoms with Crippen molar-refractivity contribution in [1.82, 2.24) is 0 Å². The highest BCUT2D eigenvalue weighted by Crippen LogP contribution is 2.43. The van der Waals surface area contributed by atoms with Crippen LogP contribution in [0.25, 0.3) is 0 Å². The molecule has 0 amide bonds. The Bertz CT molecular complexity index is 782. The molecular weight excluding hydrogens is 386 g/mol. The second kappa shape index (κ2) is 11.7. The second-order valence-corrected chi connectivity index (χ2v) is 9.50. The number of alkyl halides is 2. The smallest absolute Gasteiger partial charge is 0.206 e. The minimum atomic E-state index is -2.57. The van der Waals surface area contributed by atoms with Gasteiger partial charge in [0.1, 0.15) is 0 Å². The number of rotatable bonds is 6. The maximum atomic E-state index is 14.3. The maximum Gasteiger partial charge on any atom is 0.254 e. The van der Waals surface area contributed by atoms with Crippen LogP contribution in [0, 0.1) is 35.5 Å². The number of benzene rings is 1. The molecule has 31 heavy (non-hydrogen) atoms. The molecule has 0 nitrogen and oxygen atoms in total. The van der Waals surface area contributed by atoms with Crippen molar-refractivity contribution in [2.75, 3.05) is 0 Å². The van der Waals surface area contributed by atoms with Crippen molar-refractivity contribution in [2.24, 2.45) is 23.7 Å². The number of hydrogen-bond donors (Lipinski definition) is 0. The summed E-state index contributed by atoms with van der Waals surface area (Å²) < 4.78 is 28.6. The lowest BCUT2D eigenvalue weighted by Crippen LogP contribution is -2.34. The van der Waals surface area contributed by atoms with Gasteiger partial charge < -0.3 is 0 Å². The van der Waals surface area contributed by atoms with E-state index >= 15 is 0 Å². The van der Waals surface area contributed by atoms with E-state index in [1.807, 2.05) is 6.92 Å². The number of unbranched alkanes of at least 4 members (excludes halogenated alkanes) is 1. The zero-order chi connectivity index (χ0) is 22.1. The van der Waals surface area contributed by atoms with Crippen LogP contribution in [0.1, 0.15) is 82.8 Å². The van der Waals surface area contributed by atoms with Crippen LogP contribution in [-0.4, -0.2) is 5.92 Å². The largest absolute Gasteiger partial charge is 0.254 e. The standard InChI is InChI=1S/C29H38F2/c1-3-5-7-23-8-10-24(11-9-23)12-13-25-14-16-26(17-15-25)18-19-27-20-21-28(6-4-2)29(30,31)22-27/h4,6,8-11,18-19,25-28H,3,5,7,14-17,20-22H2,1-2H3/b6-4+,19-18+. The molecule has 2 atom stereocenters. The molecule has 2 saturated carbocycles. The molecule has 1 aromatic rings. The van der Waals surface area contributed by atoms with Crippen LogP contribution in [0.2, 0.25) is 0 Å². The summed E-state index contributed by atoms with van der Waals surface area (Å²) in [7, 11) is 0. The molecule has 0 heterocycles. The van der Waals surface area contributed by atoms with Crippen molar-refractivity contribution in [1.29, 1.82) is 0 Å². The molecule has 0 bridgehead atoms. The van der Waals surface area contributed by atoms with Crippen molar-refractivity contribution in [2.45, 2.75) is 84.0 Å². The quantitative estimate of drug-likeness (QED) is 0.318. The predicted octanol–water partition coefficient (Wildman–Crippen LogP) is 8.37. The minimum Gasteiger partial charge on any atom is -0.206 e. The molecule has 0 radical (unpaired) electrons. The molecule has 2 unspecified atom stereocenters. The predicted molar refractivity (Wildman–Crippen MR) is 127 cm³/mol. The first-order valence-electron chi connectivity index (χ1n) is 12.3. The zero-order valence-electron chi connectivity index (χ0n) is 19.3. The Hall–Kier alpha value is -1.88. The van der Waals surface area contributed by atoms with Crippen LogP contribution < -0.4 is 0 Å². The van der Waals surface area contributed by atoms with E-state index < -0.39 is 11.8 Å². The fourth-order valence-electron chi connectivity index (χ4n) is 4.93. The van der Waals surface area contributed by atoms with Crippen molar-refractivity contribution >= 4 is 0 Å². The molecule has 3 rings (SSSR count). The van der Waals surface area contributed by atoms with Gasteiger partial charge in [-0.1, -0.05) is 61.6 Å². The van der Waals surface area contributed by atoms with E-state index in [9.17, 15) is 8.78 Å². The maximum absolute atomic E-state index is 14.3. The number of halogens is 2. The van der Waals surface area contributed by atoms with E-state index in [1.54, 1.807) is 12.2 Å². The Kier molecular flexibility index (Phi) is 8.94. The van der Waals surface area contributed by atoms with Crippen molar-refractivity contribution in [3.63, 3.8) is 0 Å². The minimum absolute atomic E-state index is 0.00341. The number of aryl methyl sites for hydroxylation is 1. The van der Waals surface area contributed by atoms with Gasteiger partial charge in [0.25, 0.3) is 5.92 Å². The second-order valence-electron chi connectivity index (χ2n) is 9.50. The van der Waals surface area contributed by atoms with Gasteiger partial charge in [0.05, 0.1) is 0 Å². The van der Waals surface area contributed by atoms with Gasteiger partial charge in [-0.25, -0.2) is 8.78 Å². The third-order valence-corrected chi connectivity index (χ3v) is 6.97. The van der Waals surface area contributed by atoms with Crippen LogP contribution in [0.5, 0.6) is 0 Å². The van der Waals surface area contributed by atoms with E-state index in [-0.39, 0.29) is 12.3 Å². The summed E-state index contributed by atoms with van der Waals surface area (Å²) in [5, 5.41) is 0. The zero-order valence-corrected chi connectivity index (χ0v) is 19.3. The van der Waals surface area contributed by atoms with Crippen LogP contribution in [0.3, 0.4) is 0 Å². The van der Waals surface area contributed by atoms with E-state index in [2.05, 4.69) is 55.2 Å². The van der Waals surface area contributed by atoms with E-state index in [1.165, 1.54) is 18.4 Å². The fraction of sp³-hybridized carbons (Fsp3) is 0.586. The number of hydrogen-bond acceptors (Lipinski definition) is 0. The lowest BCUT2D eigenvalue weighted by Gasteiger charge is -2.33. The Labute approximate surface area is 188 Å². The molecule has 2 heteroatoms. The summed E-state index contributed by atoms with van der Waals surface area (Å²) in [4.78, 5) is 0. The highest BCUT2D eigenvalue weighted by atomic mass is 19.3. The first-order chi connectivity index (χ1) is 15.0. The van der Waals surface area contributed by atoms with Gasteiger partial charge >= 0.3 is 0 Å². The SMILES string of the molecule is C/C=C/C1CCC(/C=C/C2CCC(C#Cc3ccc(CCCC)cc3)CC2)CC1(F)F. The van der Waals surface area contributed by atoms with Crippen molar-refractivity contribution in [3.05, 3.63) is 59.7 Å². The fourth-order valence-corrected chi connectivity index (χ4v) is 4.93. The molecule has 2 fully saturated rings. The van der Waals surface area contributed by atoms with Gasteiger partial charge in [0.15, 0.2) is 0 Å². The van der Waals surface area contributed by atoms with E-state index in [0.717, 1.165) is 44.1 Å². The molecule has 2 aliphatic carbocycles. The van der Waals surface area contributed by atoms with Gasteiger partial charge in [0, 0.05) is 23.8 Å². The van der Waals surface area contributed by atoms with Gasteiger partial charge in [0.2, 0.25) is 0 Å². The lowest BCUT2D eigenvalue weighted by molar-refractivity contribution is -0.0784. The summed E-state index contributed by atoms with van der Waals surface area (Å²) in [5.74, 6) is 4.70.